The molecule has 3 rings (SSSR count). The van der Waals surface area contributed by atoms with E-state index >= 15 is 0 Å². The number of anilines is 1. The molecule has 1 N–H and O–H groups in total. The van der Waals surface area contributed by atoms with Crippen molar-refractivity contribution in [3.63, 3.8) is 0 Å². The molecular formula is C16H16N2. The summed E-state index contributed by atoms with van der Waals surface area (Å²) in [6.07, 6.45) is 0. The van der Waals surface area contributed by atoms with Crippen molar-refractivity contribution in [2.24, 2.45) is 0 Å². The highest BCUT2D eigenvalue weighted by atomic mass is 14.9. The Bertz CT molecular complexity index is 717. The summed E-state index contributed by atoms with van der Waals surface area (Å²) < 4.78 is 0. The van der Waals surface area contributed by atoms with E-state index in [0.29, 0.717) is 0 Å². The van der Waals surface area contributed by atoms with E-state index in [2.05, 4.69) is 55.6 Å². The van der Waals surface area contributed by atoms with Gasteiger partial charge in [-0.3, -0.25) is 0 Å². The number of nitrogens with zero attached hydrogens (tertiary/aromatic N) is 1. The minimum Gasteiger partial charge on any atom is -0.385 e. The van der Waals surface area contributed by atoms with Gasteiger partial charge >= 0.3 is 0 Å². The molecule has 0 spiro atoms. The zero-order valence-electron chi connectivity index (χ0n) is 10.7. The van der Waals surface area contributed by atoms with Gasteiger partial charge in [-0.2, -0.15) is 0 Å². The molecule has 0 saturated carbocycles. The van der Waals surface area contributed by atoms with Gasteiger partial charge in [-0.15, -0.1) is 0 Å². The molecule has 0 bridgehead atoms. The molecule has 0 aliphatic carbocycles. The zero-order valence-corrected chi connectivity index (χ0v) is 10.7. The molecule has 0 fully saturated rings. The van der Waals surface area contributed by atoms with Crippen LogP contribution in [0.5, 0.6) is 0 Å². The fraction of sp³-hybridized carbons (Fsp3) is 0.188. The molecule has 0 atom stereocenters. The summed E-state index contributed by atoms with van der Waals surface area (Å²) in [5.74, 6) is 0. The predicted molar refractivity (Wildman–Crippen MR) is 78.1 cm³/mol. The molecule has 1 aromatic heterocycles. The number of hydrogen-bond acceptors (Lipinski definition) is 2. The first-order valence-electron chi connectivity index (χ1n) is 6.33. The maximum Gasteiger partial charge on any atom is 0.0733 e. The van der Waals surface area contributed by atoms with Crippen LogP contribution in [0.4, 0.5) is 5.69 Å². The summed E-state index contributed by atoms with van der Waals surface area (Å²) in [5, 5.41) is 5.88. The topological polar surface area (TPSA) is 24.9 Å². The largest absolute Gasteiger partial charge is 0.385 e. The van der Waals surface area contributed by atoms with Crippen LogP contribution in [-0.4, -0.2) is 11.5 Å². The van der Waals surface area contributed by atoms with Gasteiger partial charge in [0, 0.05) is 23.0 Å². The van der Waals surface area contributed by atoms with Crippen LogP contribution in [0.1, 0.15) is 12.5 Å². The Hall–Kier alpha value is -2.09. The van der Waals surface area contributed by atoms with Gasteiger partial charge in [0.05, 0.1) is 11.0 Å². The van der Waals surface area contributed by atoms with E-state index in [4.69, 9.17) is 4.98 Å². The highest BCUT2D eigenvalue weighted by Crippen LogP contribution is 2.30. The molecule has 2 aromatic carbocycles. The number of aryl methyl sites for hydroxylation is 1. The second-order valence-electron chi connectivity index (χ2n) is 4.48. The third-order valence-electron chi connectivity index (χ3n) is 3.33. The van der Waals surface area contributed by atoms with Gasteiger partial charge in [0.25, 0.3) is 0 Å². The van der Waals surface area contributed by atoms with Crippen molar-refractivity contribution < 1.29 is 0 Å². The van der Waals surface area contributed by atoms with Crippen molar-refractivity contribution >= 4 is 27.5 Å². The molecule has 3 aromatic rings. The van der Waals surface area contributed by atoms with E-state index in [-0.39, 0.29) is 0 Å². The maximum absolute atomic E-state index is 4.74. The smallest absolute Gasteiger partial charge is 0.0733 e. The summed E-state index contributed by atoms with van der Waals surface area (Å²) in [5.41, 5.74) is 4.60. The van der Waals surface area contributed by atoms with E-state index in [0.717, 1.165) is 17.6 Å². The molecule has 18 heavy (non-hydrogen) atoms. The minimum atomic E-state index is 0.922. The summed E-state index contributed by atoms with van der Waals surface area (Å²) in [7, 11) is 0. The normalized spacial score (nSPS) is 11.0. The van der Waals surface area contributed by atoms with Crippen molar-refractivity contribution in [1.82, 2.24) is 4.98 Å². The van der Waals surface area contributed by atoms with Crippen molar-refractivity contribution in [2.45, 2.75) is 13.8 Å². The highest BCUT2D eigenvalue weighted by Gasteiger charge is 2.08. The lowest BCUT2D eigenvalue weighted by molar-refractivity contribution is 1.22. The van der Waals surface area contributed by atoms with Crippen molar-refractivity contribution in [3.8, 4) is 0 Å². The number of nitrogens with one attached hydrogen (secondary N) is 1. The molecule has 0 amide bonds. The lowest BCUT2D eigenvalue weighted by Crippen LogP contribution is -1.99. The van der Waals surface area contributed by atoms with Crippen LogP contribution in [0.25, 0.3) is 21.8 Å². The van der Waals surface area contributed by atoms with Crippen LogP contribution < -0.4 is 5.32 Å². The summed E-state index contributed by atoms with van der Waals surface area (Å²) in [6, 6.07) is 14.6. The number of benzene rings is 2. The van der Waals surface area contributed by atoms with E-state index < -0.39 is 0 Å². The zero-order chi connectivity index (χ0) is 12.5. The second kappa shape index (κ2) is 4.30. The van der Waals surface area contributed by atoms with Crippen LogP contribution >= 0.6 is 0 Å². The average molecular weight is 236 g/mol. The minimum absolute atomic E-state index is 0.922. The summed E-state index contributed by atoms with van der Waals surface area (Å²) in [6.45, 7) is 5.21. The molecular weight excluding hydrogens is 220 g/mol. The molecule has 2 nitrogen and oxygen atoms in total. The standard InChI is InChI=1S/C16H16N2/c1-3-17-14-9-6-10-15-16(14)11(2)12-7-4-5-8-13(12)18-15/h4-10,17H,3H2,1-2H3. The number of rotatable bonds is 2. The molecule has 90 valence electrons. The van der Waals surface area contributed by atoms with Crippen LogP contribution in [-0.2, 0) is 0 Å². The molecule has 0 aliphatic rings. The number of pyridine rings is 1. The van der Waals surface area contributed by atoms with Crippen LogP contribution in [0.2, 0.25) is 0 Å². The van der Waals surface area contributed by atoms with Crippen molar-refractivity contribution in [1.29, 1.82) is 0 Å². The molecule has 2 heteroatoms. The van der Waals surface area contributed by atoms with Gasteiger partial charge in [-0.1, -0.05) is 24.3 Å². The van der Waals surface area contributed by atoms with Gasteiger partial charge < -0.3 is 5.32 Å². The van der Waals surface area contributed by atoms with E-state index in [1.807, 2.05) is 6.07 Å². The third-order valence-corrected chi connectivity index (χ3v) is 3.33. The summed E-state index contributed by atoms with van der Waals surface area (Å²) in [4.78, 5) is 4.74. The summed E-state index contributed by atoms with van der Waals surface area (Å²) >= 11 is 0. The molecule has 1 heterocycles. The Kier molecular flexibility index (Phi) is 2.63. The van der Waals surface area contributed by atoms with Gasteiger partial charge in [-0.05, 0) is 37.6 Å². The fourth-order valence-electron chi connectivity index (χ4n) is 2.52. The number of aromatic nitrogens is 1. The van der Waals surface area contributed by atoms with Crippen LogP contribution in [0.3, 0.4) is 0 Å². The average Bonchev–Trinajstić information content (AvgIpc) is 2.39. The first-order valence-corrected chi connectivity index (χ1v) is 6.33. The number of para-hydroxylation sites is 1. The molecule has 0 aliphatic heterocycles. The van der Waals surface area contributed by atoms with Gasteiger partial charge in [0.1, 0.15) is 0 Å². The van der Waals surface area contributed by atoms with Crippen molar-refractivity contribution in [2.75, 3.05) is 11.9 Å². The molecule has 0 radical (unpaired) electrons. The van der Waals surface area contributed by atoms with Crippen LogP contribution in [0, 0.1) is 6.92 Å². The number of fused-ring (bicyclic) bond motifs is 2. The Morgan fingerprint density at radius 2 is 1.78 bits per heavy atom. The Labute approximate surface area is 107 Å². The van der Waals surface area contributed by atoms with Gasteiger partial charge in [0.2, 0.25) is 0 Å². The monoisotopic (exact) mass is 236 g/mol. The lowest BCUT2D eigenvalue weighted by atomic mass is 10.0. The fourth-order valence-corrected chi connectivity index (χ4v) is 2.52. The molecule has 0 saturated heterocycles. The Balaban J connectivity index is 2.45. The van der Waals surface area contributed by atoms with Crippen molar-refractivity contribution in [3.05, 3.63) is 48.0 Å². The van der Waals surface area contributed by atoms with E-state index in [1.165, 1.54) is 22.0 Å². The number of hydrogen-bond donors (Lipinski definition) is 1. The highest BCUT2D eigenvalue weighted by molar-refractivity contribution is 6.03. The Morgan fingerprint density at radius 3 is 2.61 bits per heavy atom. The lowest BCUT2D eigenvalue weighted by Gasteiger charge is -2.12. The van der Waals surface area contributed by atoms with Gasteiger partial charge in [-0.25, -0.2) is 4.98 Å². The SMILES string of the molecule is CCNc1cccc2nc3ccccc3c(C)c12. The van der Waals surface area contributed by atoms with Crippen LogP contribution in [0.15, 0.2) is 42.5 Å². The maximum atomic E-state index is 4.74. The second-order valence-corrected chi connectivity index (χ2v) is 4.48. The molecule has 0 unspecified atom stereocenters. The van der Waals surface area contributed by atoms with E-state index in [9.17, 15) is 0 Å². The first-order chi connectivity index (χ1) is 8.81. The van der Waals surface area contributed by atoms with E-state index in [1.54, 1.807) is 0 Å². The first kappa shape index (κ1) is 11.0. The third kappa shape index (κ3) is 1.61. The van der Waals surface area contributed by atoms with Gasteiger partial charge in [0.15, 0.2) is 0 Å². The Morgan fingerprint density at radius 1 is 1.00 bits per heavy atom. The predicted octanol–water partition coefficient (Wildman–Crippen LogP) is 4.13. The quantitative estimate of drug-likeness (QED) is 0.677.